The molecule has 0 fully saturated rings. The number of thioether (sulfide) groups is 1. The minimum absolute atomic E-state index is 0.227. The number of hydrogen-bond acceptors (Lipinski definition) is 4. The Morgan fingerprint density at radius 1 is 1.27 bits per heavy atom. The number of carbonyl (C=O) groups is 1. The van der Waals surface area contributed by atoms with E-state index in [0.717, 1.165) is 20.5 Å². The van der Waals surface area contributed by atoms with Gasteiger partial charge in [0.2, 0.25) is 0 Å². The first kappa shape index (κ1) is 16.6. The number of aryl methyl sites for hydroxylation is 1. The molecule has 0 aliphatic carbocycles. The standard InChI is InChI=1S/C17H14BrNO2S/c1-12-8-15(18)6-7-16(12)22-11-17(20)21-10-14-4-2-13(9-19)3-5-14/h2-8H,10-11H2,1H3. The molecule has 112 valence electrons. The number of rotatable bonds is 5. The van der Waals surface area contributed by atoms with Crippen molar-refractivity contribution in [2.45, 2.75) is 18.4 Å². The summed E-state index contributed by atoms with van der Waals surface area (Å²) in [6.07, 6.45) is 0. The van der Waals surface area contributed by atoms with E-state index in [1.165, 1.54) is 11.8 Å². The van der Waals surface area contributed by atoms with Crippen LogP contribution in [0.15, 0.2) is 51.8 Å². The molecule has 2 aromatic rings. The minimum Gasteiger partial charge on any atom is -0.460 e. The van der Waals surface area contributed by atoms with Crippen molar-refractivity contribution in [1.82, 2.24) is 0 Å². The summed E-state index contributed by atoms with van der Waals surface area (Å²) in [6, 6.07) is 15.0. The molecule has 0 N–H and O–H groups in total. The Morgan fingerprint density at radius 3 is 2.64 bits per heavy atom. The van der Waals surface area contributed by atoms with E-state index in [-0.39, 0.29) is 18.3 Å². The third-order valence-corrected chi connectivity index (χ3v) is 4.61. The van der Waals surface area contributed by atoms with Gasteiger partial charge in [0, 0.05) is 9.37 Å². The fourth-order valence-electron chi connectivity index (χ4n) is 1.79. The fourth-order valence-corrected chi connectivity index (χ4v) is 3.08. The third kappa shape index (κ3) is 4.90. The molecule has 0 bridgehead atoms. The highest BCUT2D eigenvalue weighted by Gasteiger charge is 2.07. The molecule has 2 aromatic carbocycles. The van der Waals surface area contributed by atoms with Gasteiger partial charge in [-0.05, 0) is 48.4 Å². The number of ether oxygens (including phenoxy) is 1. The first-order valence-electron chi connectivity index (χ1n) is 6.62. The monoisotopic (exact) mass is 375 g/mol. The molecule has 0 aromatic heterocycles. The van der Waals surface area contributed by atoms with Crippen LogP contribution in [0.25, 0.3) is 0 Å². The van der Waals surface area contributed by atoms with Crippen molar-refractivity contribution in [1.29, 1.82) is 5.26 Å². The lowest BCUT2D eigenvalue weighted by Crippen LogP contribution is -2.07. The molecule has 0 unspecified atom stereocenters. The van der Waals surface area contributed by atoms with Crippen molar-refractivity contribution in [3.8, 4) is 6.07 Å². The van der Waals surface area contributed by atoms with Crippen LogP contribution < -0.4 is 0 Å². The number of nitrogens with zero attached hydrogens (tertiary/aromatic N) is 1. The third-order valence-electron chi connectivity index (χ3n) is 2.97. The Kier molecular flexibility index (Phi) is 6.05. The smallest absolute Gasteiger partial charge is 0.316 e. The van der Waals surface area contributed by atoms with Crippen molar-refractivity contribution in [2.75, 3.05) is 5.75 Å². The Hall–Kier alpha value is -1.77. The number of hydrogen-bond donors (Lipinski definition) is 0. The van der Waals surface area contributed by atoms with E-state index in [4.69, 9.17) is 10.00 Å². The van der Waals surface area contributed by atoms with Gasteiger partial charge in [-0.25, -0.2) is 0 Å². The summed E-state index contributed by atoms with van der Waals surface area (Å²) >= 11 is 4.88. The van der Waals surface area contributed by atoms with Crippen molar-refractivity contribution in [3.63, 3.8) is 0 Å². The SMILES string of the molecule is Cc1cc(Br)ccc1SCC(=O)OCc1ccc(C#N)cc1. The number of nitriles is 1. The zero-order valence-corrected chi connectivity index (χ0v) is 14.4. The summed E-state index contributed by atoms with van der Waals surface area (Å²) in [5, 5.41) is 8.72. The molecule has 22 heavy (non-hydrogen) atoms. The van der Waals surface area contributed by atoms with E-state index < -0.39 is 0 Å². The average molecular weight is 376 g/mol. The van der Waals surface area contributed by atoms with Crippen LogP contribution in [0.2, 0.25) is 0 Å². The van der Waals surface area contributed by atoms with Gasteiger partial charge in [0.15, 0.2) is 0 Å². The molecule has 0 atom stereocenters. The van der Waals surface area contributed by atoms with Crippen LogP contribution in [0.5, 0.6) is 0 Å². The Bertz CT molecular complexity index is 708. The number of esters is 1. The maximum Gasteiger partial charge on any atom is 0.316 e. The van der Waals surface area contributed by atoms with Crippen molar-refractivity contribution < 1.29 is 9.53 Å². The fraction of sp³-hybridized carbons (Fsp3) is 0.176. The molecular formula is C17H14BrNO2S. The summed E-state index contributed by atoms with van der Waals surface area (Å²) in [7, 11) is 0. The van der Waals surface area contributed by atoms with Crippen LogP contribution in [0, 0.1) is 18.3 Å². The highest BCUT2D eigenvalue weighted by atomic mass is 79.9. The zero-order valence-electron chi connectivity index (χ0n) is 12.0. The highest BCUT2D eigenvalue weighted by molar-refractivity contribution is 9.10. The van der Waals surface area contributed by atoms with Gasteiger partial charge in [0.25, 0.3) is 0 Å². The Balaban J connectivity index is 1.81. The second-order valence-corrected chi connectivity index (χ2v) is 6.60. The Labute approximate surface area is 142 Å². The lowest BCUT2D eigenvalue weighted by molar-refractivity contribution is -0.141. The van der Waals surface area contributed by atoms with Gasteiger partial charge < -0.3 is 4.74 Å². The summed E-state index contributed by atoms with van der Waals surface area (Å²) in [5.74, 6) is 0.0235. The molecule has 0 radical (unpaired) electrons. The average Bonchev–Trinajstić information content (AvgIpc) is 2.52. The van der Waals surface area contributed by atoms with Crippen molar-refractivity contribution in [3.05, 3.63) is 63.6 Å². The summed E-state index contributed by atoms with van der Waals surface area (Å²) in [5.41, 5.74) is 2.59. The minimum atomic E-state index is -0.253. The second-order valence-electron chi connectivity index (χ2n) is 4.67. The molecular weight excluding hydrogens is 362 g/mol. The van der Waals surface area contributed by atoms with Gasteiger partial charge >= 0.3 is 5.97 Å². The zero-order chi connectivity index (χ0) is 15.9. The van der Waals surface area contributed by atoms with Gasteiger partial charge in [-0.15, -0.1) is 11.8 Å². The molecule has 3 nitrogen and oxygen atoms in total. The molecule has 0 spiro atoms. The molecule has 0 aliphatic heterocycles. The molecule has 0 saturated heterocycles. The quantitative estimate of drug-likeness (QED) is 0.571. The largest absolute Gasteiger partial charge is 0.460 e. The summed E-state index contributed by atoms with van der Waals surface area (Å²) < 4.78 is 6.26. The highest BCUT2D eigenvalue weighted by Crippen LogP contribution is 2.25. The van der Waals surface area contributed by atoms with Gasteiger partial charge in [0.1, 0.15) is 6.61 Å². The predicted octanol–water partition coefficient (Wildman–Crippen LogP) is 4.46. The van der Waals surface area contributed by atoms with Crippen molar-refractivity contribution >= 4 is 33.7 Å². The first-order chi connectivity index (χ1) is 10.6. The number of benzene rings is 2. The number of halogens is 1. The first-order valence-corrected chi connectivity index (χ1v) is 8.40. The molecule has 2 rings (SSSR count). The topological polar surface area (TPSA) is 50.1 Å². The van der Waals surface area contributed by atoms with Crippen LogP contribution in [0.4, 0.5) is 0 Å². The van der Waals surface area contributed by atoms with Crippen molar-refractivity contribution in [2.24, 2.45) is 0 Å². The van der Waals surface area contributed by atoms with Crippen LogP contribution in [0.3, 0.4) is 0 Å². The summed E-state index contributed by atoms with van der Waals surface area (Å²) in [6.45, 7) is 2.24. The lowest BCUT2D eigenvalue weighted by atomic mass is 10.2. The van der Waals surface area contributed by atoms with E-state index in [1.807, 2.05) is 25.1 Å². The van der Waals surface area contributed by atoms with Gasteiger partial charge in [-0.2, -0.15) is 5.26 Å². The second kappa shape index (κ2) is 8.02. The summed E-state index contributed by atoms with van der Waals surface area (Å²) in [4.78, 5) is 12.9. The van der Waals surface area contributed by atoms with Crippen LogP contribution in [-0.4, -0.2) is 11.7 Å². The molecule has 5 heteroatoms. The van der Waals surface area contributed by atoms with E-state index in [9.17, 15) is 4.79 Å². The molecule has 0 amide bonds. The van der Waals surface area contributed by atoms with Gasteiger partial charge in [-0.3, -0.25) is 4.79 Å². The van der Waals surface area contributed by atoms with Crippen LogP contribution in [-0.2, 0) is 16.1 Å². The molecule has 0 aliphatic rings. The maximum atomic E-state index is 11.8. The lowest BCUT2D eigenvalue weighted by Gasteiger charge is -2.07. The number of carbonyl (C=O) groups excluding carboxylic acids is 1. The van der Waals surface area contributed by atoms with Crippen LogP contribution >= 0.6 is 27.7 Å². The van der Waals surface area contributed by atoms with E-state index in [1.54, 1.807) is 24.3 Å². The predicted molar refractivity (Wildman–Crippen MR) is 90.6 cm³/mol. The molecule has 0 heterocycles. The van der Waals surface area contributed by atoms with E-state index in [0.29, 0.717) is 5.56 Å². The maximum absolute atomic E-state index is 11.8. The Morgan fingerprint density at radius 2 is 2.00 bits per heavy atom. The van der Waals surface area contributed by atoms with Crippen LogP contribution in [0.1, 0.15) is 16.7 Å². The van der Waals surface area contributed by atoms with E-state index in [2.05, 4.69) is 22.0 Å². The molecule has 0 saturated carbocycles. The van der Waals surface area contributed by atoms with Gasteiger partial charge in [-0.1, -0.05) is 28.1 Å². The normalized spacial score (nSPS) is 10.0. The van der Waals surface area contributed by atoms with E-state index >= 15 is 0 Å². The van der Waals surface area contributed by atoms with Gasteiger partial charge in [0.05, 0.1) is 17.4 Å².